The molecule has 1 N–H and O–H groups in total. The lowest BCUT2D eigenvalue weighted by molar-refractivity contribution is 0.221. The molecule has 0 bridgehead atoms. The summed E-state index contributed by atoms with van der Waals surface area (Å²) in [6, 6.07) is 1.70. The highest BCUT2D eigenvalue weighted by atomic mass is 15.2. The Morgan fingerprint density at radius 3 is 2.60 bits per heavy atom. The zero-order valence-electron chi connectivity index (χ0n) is 10.3. The first-order chi connectivity index (χ1) is 7.31. The number of hydrogen-bond acceptors (Lipinski definition) is 2. The summed E-state index contributed by atoms with van der Waals surface area (Å²) in [6.45, 7) is 8.55. The van der Waals surface area contributed by atoms with Crippen LogP contribution >= 0.6 is 0 Å². The summed E-state index contributed by atoms with van der Waals surface area (Å²) < 4.78 is 0. The van der Waals surface area contributed by atoms with E-state index in [0.717, 1.165) is 18.0 Å². The smallest absolute Gasteiger partial charge is 0.0221 e. The Kier molecular flexibility index (Phi) is 4.04. The van der Waals surface area contributed by atoms with Crippen molar-refractivity contribution >= 4 is 0 Å². The van der Waals surface area contributed by atoms with E-state index in [0.29, 0.717) is 0 Å². The fourth-order valence-corrected chi connectivity index (χ4v) is 2.62. The minimum absolute atomic E-state index is 0.766. The number of nitrogens with one attached hydrogen (secondary N) is 1. The van der Waals surface area contributed by atoms with Crippen molar-refractivity contribution in [2.75, 3.05) is 19.6 Å². The molecule has 0 aromatic rings. The average molecular weight is 210 g/mol. The molecule has 88 valence electrons. The summed E-state index contributed by atoms with van der Waals surface area (Å²) in [5, 5.41) is 3.65. The molecule has 15 heavy (non-hydrogen) atoms. The molecular formula is C13H26N2. The molecule has 1 saturated heterocycles. The first kappa shape index (κ1) is 11.4. The molecule has 2 atom stereocenters. The molecule has 1 aliphatic heterocycles. The molecule has 2 unspecified atom stereocenters. The minimum atomic E-state index is 0.766. The van der Waals surface area contributed by atoms with Crippen molar-refractivity contribution in [3.8, 4) is 0 Å². The van der Waals surface area contributed by atoms with Crippen LogP contribution in [0.1, 0.15) is 46.0 Å². The van der Waals surface area contributed by atoms with Gasteiger partial charge >= 0.3 is 0 Å². The van der Waals surface area contributed by atoms with Crippen LogP contribution in [0.5, 0.6) is 0 Å². The van der Waals surface area contributed by atoms with Crippen LogP contribution in [0, 0.1) is 5.92 Å². The Morgan fingerprint density at radius 1 is 1.27 bits per heavy atom. The van der Waals surface area contributed by atoms with E-state index in [-0.39, 0.29) is 0 Å². The monoisotopic (exact) mass is 210 g/mol. The molecule has 2 fully saturated rings. The largest absolute Gasteiger partial charge is 0.312 e. The molecule has 2 rings (SSSR count). The predicted octanol–water partition coefficient (Wildman–Crippen LogP) is 2.25. The molecule has 0 radical (unpaired) electrons. The topological polar surface area (TPSA) is 15.3 Å². The van der Waals surface area contributed by atoms with Gasteiger partial charge in [-0.2, -0.15) is 0 Å². The minimum Gasteiger partial charge on any atom is -0.312 e. The van der Waals surface area contributed by atoms with Crippen LogP contribution in [0.15, 0.2) is 0 Å². The van der Waals surface area contributed by atoms with E-state index in [9.17, 15) is 0 Å². The van der Waals surface area contributed by atoms with E-state index < -0.39 is 0 Å². The van der Waals surface area contributed by atoms with Gasteiger partial charge in [0.1, 0.15) is 0 Å². The van der Waals surface area contributed by atoms with Crippen molar-refractivity contribution < 1.29 is 0 Å². The van der Waals surface area contributed by atoms with Crippen molar-refractivity contribution in [3.63, 3.8) is 0 Å². The van der Waals surface area contributed by atoms with Crippen LogP contribution in [0.3, 0.4) is 0 Å². The van der Waals surface area contributed by atoms with Gasteiger partial charge in [0.05, 0.1) is 0 Å². The Bertz CT molecular complexity index is 189. The average Bonchev–Trinajstić information content (AvgIpc) is 2.99. The maximum atomic E-state index is 3.65. The highest BCUT2D eigenvalue weighted by Gasteiger charge is 2.32. The van der Waals surface area contributed by atoms with Crippen LogP contribution in [0.4, 0.5) is 0 Å². The molecule has 0 amide bonds. The van der Waals surface area contributed by atoms with E-state index in [1.165, 1.54) is 51.7 Å². The van der Waals surface area contributed by atoms with E-state index in [1.807, 2.05) is 0 Å². The van der Waals surface area contributed by atoms with Gasteiger partial charge < -0.3 is 5.32 Å². The Balaban J connectivity index is 1.77. The van der Waals surface area contributed by atoms with Crippen LogP contribution in [-0.2, 0) is 0 Å². The summed E-state index contributed by atoms with van der Waals surface area (Å²) in [6.07, 6.45) is 6.97. The Morgan fingerprint density at radius 2 is 2.07 bits per heavy atom. The van der Waals surface area contributed by atoms with Gasteiger partial charge in [0, 0.05) is 18.6 Å². The van der Waals surface area contributed by atoms with Gasteiger partial charge in [-0.15, -0.1) is 0 Å². The second-order valence-corrected chi connectivity index (χ2v) is 5.41. The third-order valence-corrected chi connectivity index (χ3v) is 3.99. The summed E-state index contributed by atoms with van der Waals surface area (Å²) in [4.78, 5) is 2.74. The normalized spacial score (nSPS) is 31.4. The molecule has 1 heterocycles. The van der Waals surface area contributed by atoms with Gasteiger partial charge in [-0.3, -0.25) is 4.90 Å². The molecule has 0 spiro atoms. The van der Waals surface area contributed by atoms with Crippen molar-refractivity contribution in [1.29, 1.82) is 0 Å². The molecular weight excluding hydrogens is 184 g/mol. The third-order valence-electron chi connectivity index (χ3n) is 3.99. The van der Waals surface area contributed by atoms with Gasteiger partial charge in [-0.25, -0.2) is 0 Å². The molecule has 1 saturated carbocycles. The molecule has 1 aliphatic carbocycles. The standard InChI is InChI=1S/C13H26N2/c1-3-4-9-15(12-5-6-12)10-13-11(2)7-8-14-13/h11-14H,3-10H2,1-2H3. The van der Waals surface area contributed by atoms with Crippen LogP contribution < -0.4 is 5.32 Å². The lowest BCUT2D eigenvalue weighted by atomic mass is 10.0. The summed E-state index contributed by atoms with van der Waals surface area (Å²) >= 11 is 0. The Hall–Kier alpha value is -0.0800. The molecule has 0 aromatic carbocycles. The fraction of sp³-hybridized carbons (Fsp3) is 1.00. The quantitative estimate of drug-likeness (QED) is 0.723. The van der Waals surface area contributed by atoms with Gasteiger partial charge in [0.15, 0.2) is 0 Å². The molecule has 2 nitrogen and oxygen atoms in total. The number of rotatable bonds is 6. The number of hydrogen-bond donors (Lipinski definition) is 1. The fourth-order valence-electron chi connectivity index (χ4n) is 2.62. The van der Waals surface area contributed by atoms with E-state index in [1.54, 1.807) is 0 Å². The van der Waals surface area contributed by atoms with Crippen LogP contribution in [0.25, 0.3) is 0 Å². The van der Waals surface area contributed by atoms with Crippen molar-refractivity contribution in [2.24, 2.45) is 5.92 Å². The van der Waals surface area contributed by atoms with Crippen LogP contribution in [0.2, 0.25) is 0 Å². The first-order valence-corrected chi connectivity index (χ1v) is 6.78. The van der Waals surface area contributed by atoms with E-state index >= 15 is 0 Å². The maximum Gasteiger partial charge on any atom is 0.0221 e. The highest BCUT2D eigenvalue weighted by Crippen LogP contribution is 2.28. The zero-order valence-corrected chi connectivity index (χ0v) is 10.3. The highest BCUT2D eigenvalue weighted by molar-refractivity contribution is 4.90. The molecule has 2 heteroatoms. The van der Waals surface area contributed by atoms with E-state index in [4.69, 9.17) is 0 Å². The van der Waals surface area contributed by atoms with Crippen molar-refractivity contribution in [2.45, 2.75) is 58.0 Å². The second kappa shape index (κ2) is 5.31. The van der Waals surface area contributed by atoms with Gasteiger partial charge in [-0.1, -0.05) is 20.3 Å². The third kappa shape index (κ3) is 3.18. The van der Waals surface area contributed by atoms with E-state index in [2.05, 4.69) is 24.1 Å². The second-order valence-electron chi connectivity index (χ2n) is 5.41. The van der Waals surface area contributed by atoms with Gasteiger partial charge in [0.2, 0.25) is 0 Å². The van der Waals surface area contributed by atoms with Gasteiger partial charge in [-0.05, 0) is 44.7 Å². The summed E-state index contributed by atoms with van der Waals surface area (Å²) in [5.41, 5.74) is 0. The predicted molar refractivity (Wildman–Crippen MR) is 65.1 cm³/mol. The summed E-state index contributed by atoms with van der Waals surface area (Å²) in [7, 11) is 0. The van der Waals surface area contributed by atoms with Crippen molar-refractivity contribution in [1.82, 2.24) is 10.2 Å². The van der Waals surface area contributed by atoms with Crippen LogP contribution in [-0.4, -0.2) is 36.6 Å². The Labute approximate surface area is 94.4 Å². The molecule has 0 aromatic heterocycles. The lowest BCUT2D eigenvalue weighted by Gasteiger charge is -2.27. The number of nitrogens with zero attached hydrogens (tertiary/aromatic N) is 1. The SMILES string of the molecule is CCCCN(CC1NCCC1C)C1CC1. The van der Waals surface area contributed by atoms with Gasteiger partial charge in [0.25, 0.3) is 0 Å². The summed E-state index contributed by atoms with van der Waals surface area (Å²) in [5.74, 6) is 0.882. The number of unbranched alkanes of at least 4 members (excludes halogenated alkanes) is 1. The molecule has 2 aliphatic rings. The lowest BCUT2D eigenvalue weighted by Crippen LogP contribution is -2.41. The van der Waals surface area contributed by atoms with Crippen molar-refractivity contribution in [3.05, 3.63) is 0 Å². The first-order valence-electron chi connectivity index (χ1n) is 6.78. The zero-order chi connectivity index (χ0) is 10.7. The maximum absolute atomic E-state index is 3.65.